The summed E-state index contributed by atoms with van der Waals surface area (Å²) < 4.78 is 17.9. The summed E-state index contributed by atoms with van der Waals surface area (Å²) in [6.45, 7) is 5.99. The maximum atomic E-state index is 12.5. The van der Waals surface area contributed by atoms with E-state index in [0.29, 0.717) is 22.3 Å². The standard InChI is InChI=1S/C20H24N4O4S/c1-12(2)24-19(15-8-9-28-13(15)3)22-23-20(24)29-11-18(25)21-16-7-6-14(26-4)10-17(16)27-5/h6-10,12H,11H2,1-5H3,(H,21,25). The van der Waals surface area contributed by atoms with Gasteiger partial charge in [0.25, 0.3) is 0 Å². The van der Waals surface area contributed by atoms with E-state index in [4.69, 9.17) is 13.9 Å². The van der Waals surface area contributed by atoms with Gasteiger partial charge in [0.1, 0.15) is 17.3 Å². The van der Waals surface area contributed by atoms with Crippen molar-refractivity contribution in [2.24, 2.45) is 0 Å². The average molecular weight is 417 g/mol. The molecule has 0 atom stereocenters. The fraction of sp³-hybridized carbons (Fsp3) is 0.350. The molecule has 2 heterocycles. The lowest BCUT2D eigenvalue weighted by molar-refractivity contribution is -0.113. The molecule has 1 amide bonds. The van der Waals surface area contributed by atoms with Crippen molar-refractivity contribution < 1.29 is 18.7 Å². The van der Waals surface area contributed by atoms with E-state index in [1.54, 1.807) is 38.7 Å². The van der Waals surface area contributed by atoms with Crippen molar-refractivity contribution in [1.29, 1.82) is 0 Å². The molecular formula is C20H24N4O4S. The molecule has 0 spiro atoms. The van der Waals surface area contributed by atoms with Gasteiger partial charge in [-0.1, -0.05) is 11.8 Å². The summed E-state index contributed by atoms with van der Waals surface area (Å²) in [6.07, 6.45) is 1.63. The van der Waals surface area contributed by atoms with Gasteiger partial charge >= 0.3 is 0 Å². The van der Waals surface area contributed by atoms with E-state index in [9.17, 15) is 4.79 Å². The quantitative estimate of drug-likeness (QED) is 0.551. The number of carbonyl (C=O) groups excluding carboxylic acids is 1. The second kappa shape index (κ2) is 9.04. The molecule has 154 valence electrons. The predicted octanol–water partition coefficient (Wildman–Crippen LogP) is 4.18. The minimum Gasteiger partial charge on any atom is -0.497 e. The number of furan rings is 1. The third-order valence-corrected chi connectivity index (χ3v) is 5.24. The summed E-state index contributed by atoms with van der Waals surface area (Å²) in [5, 5.41) is 12.1. The Bertz CT molecular complexity index is 996. The van der Waals surface area contributed by atoms with Gasteiger partial charge < -0.3 is 19.2 Å². The highest BCUT2D eigenvalue weighted by molar-refractivity contribution is 7.99. The normalized spacial score (nSPS) is 11.0. The SMILES string of the molecule is COc1ccc(NC(=O)CSc2nnc(-c3ccoc3C)n2C(C)C)c(OC)c1. The molecule has 0 unspecified atom stereocenters. The fourth-order valence-electron chi connectivity index (χ4n) is 2.86. The summed E-state index contributed by atoms with van der Waals surface area (Å²) in [5.74, 6) is 2.71. The van der Waals surface area contributed by atoms with Crippen LogP contribution < -0.4 is 14.8 Å². The summed E-state index contributed by atoms with van der Waals surface area (Å²) in [5.41, 5.74) is 1.48. The number of ether oxygens (including phenoxy) is 2. The van der Waals surface area contributed by atoms with Gasteiger partial charge in [0.2, 0.25) is 5.91 Å². The Morgan fingerprint density at radius 3 is 2.66 bits per heavy atom. The monoisotopic (exact) mass is 416 g/mol. The van der Waals surface area contributed by atoms with E-state index in [0.717, 1.165) is 17.1 Å². The van der Waals surface area contributed by atoms with Crippen molar-refractivity contribution >= 4 is 23.4 Å². The fourth-order valence-corrected chi connectivity index (χ4v) is 3.73. The first-order valence-electron chi connectivity index (χ1n) is 9.08. The number of benzene rings is 1. The zero-order valence-electron chi connectivity index (χ0n) is 17.1. The molecule has 0 bridgehead atoms. The number of anilines is 1. The number of aromatic nitrogens is 3. The number of hydrogen-bond acceptors (Lipinski definition) is 7. The van der Waals surface area contributed by atoms with Crippen LogP contribution in [0.3, 0.4) is 0 Å². The maximum Gasteiger partial charge on any atom is 0.234 e. The first-order valence-corrected chi connectivity index (χ1v) is 10.1. The Kier molecular flexibility index (Phi) is 6.48. The van der Waals surface area contributed by atoms with Crippen LogP contribution in [0.25, 0.3) is 11.4 Å². The topological polar surface area (TPSA) is 91.4 Å². The van der Waals surface area contributed by atoms with Crippen LogP contribution in [0.4, 0.5) is 5.69 Å². The molecule has 29 heavy (non-hydrogen) atoms. The third-order valence-electron chi connectivity index (χ3n) is 4.30. The lowest BCUT2D eigenvalue weighted by atomic mass is 10.2. The average Bonchev–Trinajstić information content (AvgIpc) is 3.32. The molecule has 0 radical (unpaired) electrons. The van der Waals surface area contributed by atoms with Gasteiger partial charge in [-0.3, -0.25) is 9.36 Å². The largest absolute Gasteiger partial charge is 0.497 e. The molecule has 8 nitrogen and oxygen atoms in total. The first kappa shape index (κ1) is 20.8. The molecule has 0 saturated carbocycles. The van der Waals surface area contributed by atoms with Gasteiger partial charge in [-0.2, -0.15) is 0 Å². The second-order valence-corrected chi connectivity index (χ2v) is 7.51. The molecule has 1 aromatic carbocycles. The van der Waals surface area contributed by atoms with Crippen LogP contribution in [0.15, 0.2) is 40.1 Å². The van der Waals surface area contributed by atoms with Crippen LogP contribution in [-0.2, 0) is 4.79 Å². The van der Waals surface area contributed by atoms with Crippen molar-refractivity contribution in [1.82, 2.24) is 14.8 Å². The Hall–Kier alpha value is -2.94. The molecule has 0 aliphatic heterocycles. The number of rotatable bonds is 8. The molecule has 0 fully saturated rings. The van der Waals surface area contributed by atoms with Crippen LogP contribution >= 0.6 is 11.8 Å². The molecular weight excluding hydrogens is 392 g/mol. The predicted molar refractivity (Wildman–Crippen MR) is 112 cm³/mol. The van der Waals surface area contributed by atoms with Crippen LogP contribution in [0, 0.1) is 6.92 Å². The molecule has 0 aliphatic carbocycles. The number of nitrogens with zero attached hydrogens (tertiary/aromatic N) is 3. The highest BCUT2D eigenvalue weighted by Gasteiger charge is 2.20. The van der Waals surface area contributed by atoms with Crippen molar-refractivity contribution in [3.63, 3.8) is 0 Å². The summed E-state index contributed by atoms with van der Waals surface area (Å²) >= 11 is 1.33. The number of amides is 1. The summed E-state index contributed by atoms with van der Waals surface area (Å²) in [6, 6.07) is 7.23. The molecule has 2 aromatic heterocycles. The van der Waals surface area contributed by atoms with Crippen LogP contribution in [0.2, 0.25) is 0 Å². The molecule has 0 aliphatic rings. The molecule has 3 aromatic rings. The van der Waals surface area contributed by atoms with E-state index in [1.165, 1.54) is 11.8 Å². The maximum absolute atomic E-state index is 12.5. The highest BCUT2D eigenvalue weighted by atomic mass is 32.2. The van der Waals surface area contributed by atoms with Gasteiger partial charge in [0.05, 0.1) is 37.5 Å². The third kappa shape index (κ3) is 4.56. The Labute approximate surface area is 173 Å². The van der Waals surface area contributed by atoms with E-state index >= 15 is 0 Å². The van der Waals surface area contributed by atoms with Gasteiger partial charge in [0, 0.05) is 12.1 Å². The summed E-state index contributed by atoms with van der Waals surface area (Å²) in [4.78, 5) is 12.5. The zero-order chi connectivity index (χ0) is 21.0. The zero-order valence-corrected chi connectivity index (χ0v) is 17.9. The lowest BCUT2D eigenvalue weighted by Crippen LogP contribution is -2.15. The highest BCUT2D eigenvalue weighted by Crippen LogP contribution is 2.31. The molecule has 1 N–H and O–H groups in total. The van der Waals surface area contributed by atoms with E-state index in [2.05, 4.69) is 29.4 Å². The number of aryl methyl sites for hydroxylation is 1. The van der Waals surface area contributed by atoms with Crippen molar-refractivity contribution in [3.8, 4) is 22.9 Å². The van der Waals surface area contributed by atoms with Gasteiger partial charge in [-0.05, 0) is 39.0 Å². The van der Waals surface area contributed by atoms with Crippen molar-refractivity contribution in [3.05, 3.63) is 36.3 Å². The Morgan fingerprint density at radius 2 is 2.03 bits per heavy atom. The van der Waals surface area contributed by atoms with Crippen LogP contribution in [0.5, 0.6) is 11.5 Å². The number of nitrogens with one attached hydrogen (secondary N) is 1. The molecule has 9 heteroatoms. The van der Waals surface area contributed by atoms with E-state index in [1.807, 2.05) is 17.6 Å². The minimum absolute atomic E-state index is 0.126. The number of hydrogen-bond donors (Lipinski definition) is 1. The molecule has 0 saturated heterocycles. The van der Waals surface area contributed by atoms with Gasteiger partial charge in [-0.15, -0.1) is 10.2 Å². The van der Waals surface area contributed by atoms with Crippen molar-refractivity contribution in [2.75, 3.05) is 25.3 Å². The Morgan fingerprint density at radius 1 is 1.24 bits per heavy atom. The molecule has 3 rings (SSSR count). The number of thioether (sulfide) groups is 1. The van der Waals surface area contributed by atoms with Crippen molar-refractivity contribution in [2.45, 2.75) is 32.0 Å². The van der Waals surface area contributed by atoms with Gasteiger partial charge in [0.15, 0.2) is 11.0 Å². The number of methoxy groups -OCH3 is 2. The van der Waals surface area contributed by atoms with Gasteiger partial charge in [-0.25, -0.2) is 0 Å². The first-order chi connectivity index (χ1) is 13.9. The smallest absolute Gasteiger partial charge is 0.234 e. The van der Waals surface area contributed by atoms with Crippen LogP contribution in [0.1, 0.15) is 25.6 Å². The lowest BCUT2D eigenvalue weighted by Gasteiger charge is -2.14. The number of carbonyl (C=O) groups is 1. The summed E-state index contributed by atoms with van der Waals surface area (Å²) in [7, 11) is 3.12. The van der Waals surface area contributed by atoms with Crippen LogP contribution in [-0.4, -0.2) is 40.6 Å². The second-order valence-electron chi connectivity index (χ2n) is 6.56. The minimum atomic E-state index is -0.169. The Balaban J connectivity index is 1.73. The van der Waals surface area contributed by atoms with E-state index < -0.39 is 0 Å². The van der Waals surface area contributed by atoms with E-state index in [-0.39, 0.29) is 17.7 Å².